The van der Waals surface area contributed by atoms with Crippen LogP contribution in [0.3, 0.4) is 0 Å². The van der Waals surface area contributed by atoms with Gasteiger partial charge in [-0.15, -0.1) is 0 Å². The molecule has 0 fully saturated rings. The minimum absolute atomic E-state index is 0.166. The normalized spacial score (nSPS) is 13.2. The molecule has 0 spiro atoms. The van der Waals surface area contributed by atoms with Gasteiger partial charge in [0.25, 0.3) is 0 Å². The number of hydrogen-bond acceptors (Lipinski definition) is 4. The molecule has 0 N–H and O–H groups in total. The molecule has 0 radical (unpaired) electrons. The van der Waals surface area contributed by atoms with Crippen molar-refractivity contribution in [2.45, 2.75) is 130 Å². The van der Waals surface area contributed by atoms with Crippen LogP contribution < -0.4 is 39.7 Å². The van der Waals surface area contributed by atoms with Crippen molar-refractivity contribution in [1.82, 2.24) is 0 Å². The Morgan fingerprint density at radius 2 is 0.461 bits per heavy atom. The van der Waals surface area contributed by atoms with Gasteiger partial charge in [-0.2, -0.15) is 0 Å². The van der Waals surface area contributed by atoms with Crippen molar-refractivity contribution in [3.05, 3.63) is 237 Å². The van der Waals surface area contributed by atoms with E-state index < -0.39 is 16.3 Å². The first-order chi connectivity index (χ1) is 36.1. The summed E-state index contributed by atoms with van der Waals surface area (Å²) in [6, 6.07) is 62.3. The Morgan fingerprint density at radius 3 is 0.632 bits per heavy atom. The van der Waals surface area contributed by atoms with Crippen molar-refractivity contribution in [2.75, 3.05) is 14.2 Å². The summed E-state index contributed by atoms with van der Waals surface area (Å²) >= 11 is 0. The second-order valence-electron chi connectivity index (χ2n) is 24.7. The minimum Gasteiger partial charge on any atom is -0.496 e. The first-order valence-corrected chi connectivity index (χ1v) is 29.5. The minimum atomic E-state index is -1.29. The lowest BCUT2D eigenvalue weighted by atomic mass is 9.79. The van der Waals surface area contributed by atoms with Crippen molar-refractivity contribution in [3.63, 3.8) is 0 Å². The van der Waals surface area contributed by atoms with Gasteiger partial charge in [-0.3, -0.25) is 0 Å². The molecule has 8 aromatic rings. The summed E-state index contributed by atoms with van der Waals surface area (Å²) in [5.74, 6) is 3.62. The molecule has 0 unspecified atom stereocenters. The van der Waals surface area contributed by atoms with E-state index in [1.54, 1.807) is 0 Å². The molecule has 9 rings (SSSR count). The van der Waals surface area contributed by atoms with Gasteiger partial charge >= 0.3 is 0 Å². The van der Waals surface area contributed by atoms with Crippen molar-refractivity contribution in [1.29, 1.82) is 0 Å². The largest absolute Gasteiger partial charge is 0.496 e. The maximum Gasteiger partial charge on any atom is 0.150 e. The predicted octanol–water partition coefficient (Wildman–Crippen LogP) is 16.4. The number of rotatable bonds is 10. The van der Waals surface area contributed by atoms with Crippen LogP contribution in [0.1, 0.15) is 150 Å². The fourth-order valence-corrected chi connectivity index (χ4v) is 13.9. The summed E-state index contributed by atoms with van der Waals surface area (Å²) in [6.45, 7) is 27.8. The molecule has 6 heteroatoms. The average Bonchev–Trinajstić information content (AvgIpc) is 3.42. The summed E-state index contributed by atoms with van der Waals surface area (Å²) in [7, 11) is 1.11. The summed E-state index contributed by atoms with van der Waals surface area (Å²) in [5, 5.41) is 4.63. The molecule has 1 aliphatic carbocycles. The number of hydrogen-bond donors (Lipinski definition) is 0. The molecule has 76 heavy (non-hydrogen) atoms. The Balaban J connectivity index is 1.40. The average molecular weight is 1050 g/mol. The van der Waals surface area contributed by atoms with Crippen LogP contribution in [0.2, 0.25) is 0 Å². The van der Waals surface area contributed by atoms with Crippen molar-refractivity contribution < 1.29 is 18.5 Å². The molecule has 1 aliphatic rings. The Kier molecular flexibility index (Phi) is 15.8. The molecule has 0 heterocycles. The van der Waals surface area contributed by atoms with Crippen LogP contribution in [0, 0.1) is 0 Å². The van der Waals surface area contributed by atoms with Crippen LogP contribution in [-0.4, -0.2) is 14.2 Å². The zero-order valence-electron chi connectivity index (χ0n) is 47.5. The Bertz CT molecular complexity index is 2900. The number of methoxy groups -OCH3 is 2. The van der Waals surface area contributed by atoms with Gasteiger partial charge in [0.05, 0.1) is 14.2 Å². The van der Waals surface area contributed by atoms with Crippen LogP contribution in [0.5, 0.6) is 23.0 Å². The van der Waals surface area contributed by atoms with Crippen LogP contribution in [0.4, 0.5) is 0 Å². The molecular weight excluding hydrogens is 967 g/mol. The highest BCUT2D eigenvalue weighted by Crippen LogP contribution is 2.49. The number of fused-ring (bicyclic) bond motifs is 8. The van der Waals surface area contributed by atoms with Crippen molar-refractivity contribution >= 4 is 37.5 Å². The van der Waals surface area contributed by atoms with Crippen LogP contribution in [-0.2, 0) is 47.3 Å². The molecule has 0 aromatic heterocycles. The van der Waals surface area contributed by atoms with Crippen molar-refractivity contribution in [3.8, 4) is 23.0 Å². The van der Waals surface area contributed by atoms with E-state index in [9.17, 15) is 0 Å². The molecular formula is C70H78O4P2. The summed E-state index contributed by atoms with van der Waals surface area (Å²) in [6.07, 6.45) is 2.36. The molecule has 0 saturated carbocycles. The third kappa shape index (κ3) is 12.2. The van der Waals surface area contributed by atoms with Gasteiger partial charge in [-0.05, 0) is 88.4 Å². The zero-order chi connectivity index (χ0) is 54.2. The second kappa shape index (κ2) is 22.0. The van der Waals surface area contributed by atoms with E-state index in [1.165, 1.54) is 22.3 Å². The van der Waals surface area contributed by atoms with Crippen LogP contribution >= 0.6 is 16.3 Å². The molecule has 0 atom stereocenters. The van der Waals surface area contributed by atoms with Gasteiger partial charge in [0, 0.05) is 46.9 Å². The molecule has 392 valence electrons. The monoisotopic (exact) mass is 1040 g/mol. The fourth-order valence-electron chi connectivity index (χ4n) is 10.3. The lowest BCUT2D eigenvalue weighted by molar-refractivity contribution is 0.404. The molecule has 0 amide bonds. The van der Waals surface area contributed by atoms with Gasteiger partial charge in [0.15, 0.2) is 16.3 Å². The van der Waals surface area contributed by atoms with Crippen LogP contribution in [0.15, 0.2) is 170 Å². The quantitative estimate of drug-likeness (QED) is 0.128. The summed E-state index contributed by atoms with van der Waals surface area (Å²) in [5.41, 5.74) is 13.4. The predicted molar refractivity (Wildman–Crippen MR) is 324 cm³/mol. The smallest absolute Gasteiger partial charge is 0.150 e. The summed E-state index contributed by atoms with van der Waals surface area (Å²) < 4.78 is 29.2. The van der Waals surface area contributed by atoms with E-state index in [-0.39, 0.29) is 21.7 Å². The standard InChI is InChI=1S/C70H78O4P2/c1-67(2,3)55-39-47-35-51-43-57(69(7,8)9)45-53(65(51)73-75(59-27-19-15-20-28-59)60-29-21-16-22-30-60)37-49-41-56(68(4,5)6)42-50(64(49)72-14)38-54-46-58(70(10,11)12)44-52(36-48(40-55)63(47)71-13)66(54)74-76(61-31-23-17-24-32-61)62-33-25-18-26-34-62/h15-34,39-46H,35-38H2,1-14H3. The SMILES string of the molecule is COc1c2cc(C(C)(C)C)cc1Cc1cc(C(C)(C)C)cc(c1OP(c1ccccc1)c1ccccc1)Cc1cc(C(C)(C)C)cc(c1OC)Cc1cc(C(C)(C)C)cc(c1OP(c1ccccc1)c1ccccc1)C2. The zero-order valence-corrected chi connectivity index (χ0v) is 49.3. The van der Waals surface area contributed by atoms with Gasteiger partial charge in [-0.25, -0.2) is 0 Å². The van der Waals surface area contributed by atoms with E-state index in [1.807, 2.05) is 14.2 Å². The van der Waals surface area contributed by atoms with E-state index in [4.69, 9.17) is 18.5 Å². The molecule has 0 aliphatic heterocycles. The fraction of sp³-hybridized carbons (Fsp3) is 0.314. The molecule has 4 nitrogen and oxygen atoms in total. The lowest BCUT2D eigenvalue weighted by Crippen LogP contribution is -2.19. The van der Waals surface area contributed by atoms with E-state index in [2.05, 4.69) is 253 Å². The Morgan fingerprint density at radius 1 is 0.276 bits per heavy atom. The van der Waals surface area contributed by atoms with Gasteiger partial charge in [0.2, 0.25) is 0 Å². The molecule has 8 bridgehead atoms. The third-order valence-corrected chi connectivity index (χ3v) is 18.5. The maximum atomic E-state index is 7.82. The van der Waals surface area contributed by atoms with Gasteiger partial charge in [0.1, 0.15) is 23.0 Å². The Labute approximate surface area is 457 Å². The van der Waals surface area contributed by atoms with Crippen LogP contribution in [0.25, 0.3) is 0 Å². The van der Waals surface area contributed by atoms with E-state index in [0.717, 1.165) is 88.7 Å². The highest BCUT2D eigenvalue weighted by atomic mass is 31.1. The molecule has 8 aromatic carbocycles. The van der Waals surface area contributed by atoms with E-state index in [0.29, 0.717) is 25.7 Å². The molecule has 0 saturated heterocycles. The highest BCUT2D eigenvalue weighted by Gasteiger charge is 2.32. The lowest BCUT2D eigenvalue weighted by Gasteiger charge is -2.30. The second-order valence-corrected chi connectivity index (χ2v) is 28.3. The van der Waals surface area contributed by atoms with Gasteiger partial charge < -0.3 is 18.5 Å². The van der Waals surface area contributed by atoms with Crippen molar-refractivity contribution in [2.24, 2.45) is 0 Å². The summed E-state index contributed by atoms with van der Waals surface area (Å²) in [4.78, 5) is 0. The first kappa shape index (κ1) is 54.6. The van der Waals surface area contributed by atoms with E-state index >= 15 is 0 Å². The van der Waals surface area contributed by atoms with Gasteiger partial charge in [-0.1, -0.05) is 253 Å². The highest BCUT2D eigenvalue weighted by molar-refractivity contribution is 7.69. The first-order valence-electron chi connectivity index (χ1n) is 27.0. The topological polar surface area (TPSA) is 36.9 Å². The Hall–Kier alpha value is -6.18. The third-order valence-electron chi connectivity index (χ3n) is 14.7. The maximum absolute atomic E-state index is 7.82. The number of benzene rings is 8. The number of ether oxygens (including phenoxy) is 2.